The van der Waals surface area contributed by atoms with Crippen molar-refractivity contribution in [1.29, 1.82) is 5.26 Å². The first kappa shape index (κ1) is 21.6. The molecular weight excluding hydrogens is 397 g/mol. The molecule has 0 amide bonds. The third-order valence-corrected chi connectivity index (χ3v) is 4.58. The van der Waals surface area contributed by atoms with E-state index in [1.165, 1.54) is 0 Å². The van der Waals surface area contributed by atoms with Gasteiger partial charge in [0.2, 0.25) is 0 Å². The third-order valence-electron chi connectivity index (χ3n) is 3.84. The molecule has 0 saturated carbocycles. The van der Waals surface area contributed by atoms with Crippen molar-refractivity contribution in [3.63, 3.8) is 0 Å². The number of rotatable bonds is 7. The summed E-state index contributed by atoms with van der Waals surface area (Å²) in [7, 11) is 0. The van der Waals surface area contributed by atoms with Crippen molar-refractivity contribution < 1.29 is 4.84 Å². The van der Waals surface area contributed by atoms with Crippen LogP contribution in [-0.4, -0.2) is 0 Å². The molecule has 0 aromatic heterocycles. The lowest BCUT2D eigenvalue weighted by atomic mass is 10.0. The number of nitrogens with one attached hydrogen (secondary N) is 2. The van der Waals surface area contributed by atoms with Crippen LogP contribution in [-0.2, 0) is 0 Å². The standard InChI is InChI=1S/C20H21Cl2N5O/c1-12-9-16(6-4-15(12)11-23)28-27-26-20(19(25)8-3-13(2)24)14-5-7-17(21)18(22)10-14/h3-10,20,26-27H,24-25H2,1-2H3/b13-3-,19-8-. The zero-order valence-electron chi connectivity index (χ0n) is 15.5. The molecule has 0 heterocycles. The second kappa shape index (κ2) is 10.0. The Morgan fingerprint density at radius 1 is 1.14 bits per heavy atom. The maximum atomic E-state index is 9.00. The molecule has 0 aliphatic rings. The van der Waals surface area contributed by atoms with Crippen LogP contribution in [0, 0.1) is 18.3 Å². The molecular formula is C20H21Cl2N5O. The van der Waals surface area contributed by atoms with Crippen LogP contribution in [0.2, 0.25) is 10.0 Å². The smallest absolute Gasteiger partial charge is 0.149 e. The Hall–Kier alpha value is -2.69. The molecule has 6 N–H and O–H groups in total. The summed E-state index contributed by atoms with van der Waals surface area (Å²) in [6, 6.07) is 12.0. The molecule has 1 atom stereocenters. The van der Waals surface area contributed by atoms with Gasteiger partial charge < -0.3 is 16.3 Å². The minimum atomic E-state index is -0.468. The number of hydrogen-bond donors (Lipinski definition) is 4. The van der Waals surface area contributed by atoms with E-state index in [1.54, 1.807) is 55.5 Å². The summed E-state index contributed by atoms with van der Waals surface area (Å²) in [5, 5.41) is 9.86. The Labute approximate surface area is 174 Å². The predicted molar refractivity (Wildman–Crippen MR) is 112 cm³/mol. The number of aryl methyl sites for hydroxylation is 1. The van der Waals surface area contributed by atoms with Gasteiger partial charge in [0, 0.05) is 11.4 Å². The first-order valence-electron chi connectivity index (χ1n) is 8.34. The zero-order chi connectivity index (χ0) is 20.7. The summed E-state index contributed by atoms with van der Waals surface area (Å²) < 4.78 is 0. The highest BCUT2D eigenvalue weighted by Gasteiger charge is 2.15. The van der Waals surface area contributed by atoms with Gasteiger partial charge in [0.1, 0.15) is 5.75 Å². The summed E-state index contributed by atoms with van der Waals surface area (Å²) in [6.07, 6.45) is 3.40. The quantitative estimate of drug-likeness (QED) is 0.400. The van der Waals surface area contributed by atoms with Gasteiger partial charge in [-0.1, -0.05) is 34.9 Å². The summed E-state index contributed by atoms with van der Waals surface area (Å²) in [6.45, 7) is 3.60. The van der Waals surface area contributed by atoms with Crippen LogP contribution in [0.15, 0.2) is 59.9 Å². The molecule has 2 rings (SSSR count). The number of hydrogen-bond acceptors (Lipinski definition) is 6. The highest BCUT2D eigenvalue weighted by atomic mass is 35.5. The largest absolute Gasteiger partial charge is 0.402 e. The summed E-state index contributed by atoms with van der Waals surface area (Å²) in [5.74, 6) is 0.539. The average Bonchev–Trinajstić information content (AvgIpc) is 2.66. The fraction of sp³-hybridized carbons (Fsp3) is 0.150. The van der Waals surface area contributed by atoms with Crippen LogP contribution < -0.4 is 27.3 Å². The normalized spacial score (nSPS) is 13.1. The van der Waals surface area contributed by atoms with Crippen LogP contribution in [0.25, 0.3) is 0 Å². The monoisotopic (exact) mass is 417 g/mol. The molecule has 0 saturated heterocycles. The van der Waals surface area contributed by atoms with Crippen molar-refractivity contribution in [2.24, 2.45) is 11.5 Å². The first-order valence-corrected chi connectivity index (χ1v) is 9.10. The Kier molecular flexibility index (Phi) is 7.73. The molecule has 0 aliphatic carbocycles. The van der Waals surface area contributed by atoms with Gasteiger partial charge in [-0.25, -0.2) is 5.43 Å². The topological polar surface area (TPSA) is 109 Å². The minimum absolute atomic E-state index is 0.410. The number of nitrogens with two attached hydrogens (primary N) is 2. The Morgan fingerprint density at radius 3 is 2.50 bits per heavy atom. The molecule has 0 fully saturated rings. The highest BCUT2D eigenvalue weighted by molar-refractivity contribution is 6.42. The van der Waals surface area contributed by atoms with E-state index in [2.05, 4.69) is 17.1 Å². The predicted octanol–water partition coefficient (Wildman–Crippen LogP) is 4.01. The fourth-order valence-electron chi connectivity index (χ4n) is 2.35. The molecule has 8 heteroatoms. The van der Waals surface area contributed by atoms with Gasteiger partial charge in [-0.05, 0) is 67.5 Å². The molecule has 0 radical (unpaired) electrons. The lowest BCUT2D eigenvalue weighted by Gasteiger charge is -2.21. The van der Waals surface area contributed by atoms with Crippen LogP contribution in [0.4, 0.5) is 0 Å². The fourth-order valence-corrected chi connectivity index (χ4v) is 2.65. The number of nitrogens with zero attached hydrogens (tertiary/aromatic N) is 1. The Morgan fingerprint density at radius 2 is 1.89 bits per heavy atom. The maximum Gasteiger partial charge on any atom is 0.149 e. The summed E-state index contributed by atoms with van der Waals surface area (Å²) in [5.41, 5.74) is 20.9. The summed E-state index contributed by atoms with van der Waals surface area (Å²) in [4.78, 5) is 5.52. The first-order chi connectivity index (χ1) is 13.3. The van der Waals surface area contributed by atoms with Crippen LogP contribution in [0.1, 0.15) is 29.7 Å². The molecule has 2 aromatic rings. The van der Waals surface area contributed by atoms with Gasteiger partial charge in [0.15, 0.2) is 0 Å². The highest BCUT2D eigenvalue weighted by Crippen LogP contribution is 2.27. The Bertz CT molecular complexity index is 946. The van der Waals surface area contributed by atoms with E-state index in [0.717, 1.165) is 11.1 Å². The van der Waals surface area contributed by atoms with Gasteiger partial charge in [0.25, 0.3) is 0 Å². The van der Waals surface area contributed by atoms with Gasteiger partial charge in [-0.15, -0.1) is 0 Å². The van der Waals surface area contributed by atoms with Gasteiger partial charge in [-0.3, -0.25) is 0 Å². The van der Waals surface area contributed by atoms with Crippen molar-refractivity contribution in [2.75, 3.05) is 0 Å². The van der Waals surface area contributed by atoms with E-state index in [1.807, 2.05) is 6.92 Å². The van der Waals surface area contributed by atoms with Crippen molar-refractivity contribution in [3.05, 3.63) is 86.7 Å². The number of benzene rings is 2. The van der Waals surface area contributed by atoms with Gasteiger partial charge in [0.05, 0.1) is 27.7 Å². The van der Waals surface area contributed by atoms with Crippen molar-refractivity contribution >= 4 is 23.2 Å². The molecule has 2 aromatic carbocycles. The van der Waals surface area contributed by atoms with Crippen molar-refractivity contribution in [3.8, 4) is 11.8 Å². The SMILES string of the molecule is C/C(N)=C/C=C(\N)C(NNOc1ccc(C#N)c(C)c1)c1ccc(Cl)c(Cl)c1. The van der Waals surface area contributed by atoms with Crippen LogP contribution in [0.3, 0.4) is 0 Å². The number of halogens is 2. The minimum Gasteiger partial charge on any atom is -0.402 e. The number of allylic oxidation sites excluding steroid dienone is 3. The second-order valence-corrected chi connectivity index (χ2v) is 6.94. The Balaban J connectivity index is 2.18. The van der Waals surface area contributed by atoms with Gasteiger partial charge in [-0.2, -0.15) is 5.26 Å². The molecule has 0 aliphatic heterocycles. The zero-order valence-corrected chi connectivity index (χ0v) is 17.0. The maximum absolute atomic E-state index is 9.00. The molecule has 0 bridgehead atoms. The lowest BCUT2D eigenvalue weighted by Crippen LogP contribution is -2.40. The van der Waals surface area contributed by atoms with E-state index in [0.29, 0.717) is 32.8 Å². The van der Waals surface area contributed by atoms with Crippen LogP contribution in [0.5, 0.6) is 5.75 Å². The molecule has 0 spiro atoms. The lowest BCUT2D eigenvalue weighted by molar-refractivity contribution is 0.137. The van der Waals surface area contributed by atoms with Crippen molar-refractivity contribution in [2.45, 2.75) is 19.9 Å². The van der Waals surface area contributed by atoms with Gasteiger partial charge >= 0.3 is 0 Å². The number of nitriles is 1. The molecule has 1 unspecified atom stereocenters. The van der Waals surface area contributed by atoms with Crippen molar-refractivity contribution in [1.82, 2.24) is 11.0 Å². The second-order valence-electron chi connectivity index (χ2n) is 6.12. The molecule has 28 heavy (non-hydrogen) atoms. The third kappa shape index (κ3) is 5.91. The summed E-state index contributed by atoms with van der Waals surface area (Å²) >= 11 is 12.1. The van der Waals surface area contributed by atoms with E-state index < -0.39 is 6.04 Å². The molecule has 146 valence electrons. The van der Waals surface area contributed by atoms with E-state index in [4.69, 9.17) is 44.8 Å². The number of hydrazine groups is 1. The van der Waals surface area contributed by atoms with E-state index >= 15 is 0 Å². The molecule has 6 nitrogen and oxygen atoms in total. The van der Waals surface area contributed by atoms with Crippen LogP contribution >= 0.6 is 23.2 Å². The van der Waals surface area contributed by atoms with E-state index in [-0.39, 0.29) is 0 Å². The average molecular weight is 418 g/mol. The van der Waals surface area contributed by atoms with E-state index in [9.17, 15) is 0 Å².